The lowest BCUT2D eigenvalue weighted by atomic mass is 9.98. The summed E-state index contributed by atoms with van der Waals surface area (Å²) in [7, 11) is 0. The zero-order chi connectivity index (χ0) is 22.0. The zero-order valence-electron chi connectivity index (χ0n) is 18.9. The molecule has 2 N–H and O–H groups in total. The van der Waals surface area contributed by atoms with Crippen LogP contribution in [0.2, 0.25) is 0 Å². The van der Waals surface area contributed by atoms with Crippen LogP contribution in [0.3, 0.4) is 0 Å². The molecule has 1 aliphatic heterocycles. The molecule has 0 amide bonds. The first kappa shape index (κ1) is 21.5. The number of rotatable bonds is 7. The highest BCUT2D eigenvalue weighted by Crippen LogP contribution is 2.26. The fourth-order valence-electron chi connectivity index (χ4n) is 4.46. The van der Waals surface area contributed by atoms with E-state index < -0.39 is 0 Å². The van der Waals surface area contributed by atoms with Crippen molar-refractivity contribution >= 4 is 10.9 Å². The minimum absolute atomic E-state index is 0.0800. The summed E-state index contributed by atoms with van der Waals surface area (Å²) in [6, 6.07) is 7.56. The van der Waals surface area contributed by atoms with Gasteiger partial charge >= 0.3 is 0 Å². The Balaban J connectivity index is 1.88. The van der Waals surface area contributed by atoms with E-state index >= 15 is 0 Å². The lowest BCUT2D eigenvalue weighted by Crippen LogP contribution is -3.13. The fraction of sp³-hybridized carbons (Fsp3) is 0.565. The Bertz CT molecular complexity index is 1100. The van der Waals surface area contributed by atoms with Crippen LogP contribution in [0.1, 0.15) is 70.8 Å². The Hall–Kier alpha value is -2.74. The van der Waals surface area contributed by atoms with Gasteiger partial charge in [-0.1, -0.05) is 6.92 Å². The summed E-state index contributed by atoms with van der Waals surface area (Å²) in [6.07, 6.45) is 4.40. The van der Waals surface area contributed by atoms with Crippen molar-refractivity contribution in [3.05, 3.63) is 46.0 Å². The first-order chi connectivity index (χ1) is 14.9. The number of H-pyrrole nitrogens is 1. The van der Waals surface area contributed by atoms with Gasteiger partial charge in [-0.3, -0.25) is 4.79 Å². The molecule has 1 atom stereocenters. The molecule has 0 unspecified atom stereocenters. The van der Waals surface area contributed by atoms with E-state index in [0.717, 1.165) is 54.8 Å². The molecule has 31 heavy (non-hydrogen) atoms. The number of piperidine rings is 1. The highest BCUT2D eigenvalue weighted by Gasteiger charge is 2.37. The number of tetrazole rings is 1. The Labute approximate surface area is 182 Å². The van der Waals surface area contributed by atoms with Gasteiger partial charge in [0.1, 0.15) is 5.75 Å². The largest absolute Gasteiger partial charge is 0.494 e. The number of quaternary nitrogens is 1. The summed E-state index contributed by atoms with van der Waals surface area (Å²) >= 11 is 0. The standard InChI is InChI=1S/C23H32N6O2/c1-5-23(3,4)29-21(25-26-27-29)20(28-12-8-7-9-13-28)18-15-16-14-17(31-6-2)10-11-19(16)24-22(18)30/h10-11,14-15,20H,5-9,12-13H2,1-4H3,(H,24,30)/p+1/t20-/m1/s1. The topological polar surface area (TPSA) is 90.1 Å². The van der Waals surface area contributed by atoms with Gasteiger partial charge in [-0.15, -0.1) is 5.10 Å². The molecule has 8 heteroatoms. The van der Waals surface area contributed by atoms with Gasteiger partial charge < -0.3 is 14.6 Å². The summed E-state index contributed by atoms with van der Waals surface area (Å²) in [5.41, 5.74) is 1.19. The number of likely N-dealkylation sites (tertiary alicyclic amines) is 1. The SMILES string of the molecule is CCOc1ccc2[nH]c(=O)c([C@H](c3nnnn3C(C)(C)CC)[NH+]3CCCCC3)cc2c1. The maximum Gasteiger partial charge on any atom is 0.258 e. The van der Waals surface area contributed by atoms with Crippen molar-refractivity contribution in [2.45, 2.75) is 65.0 Å². The van der Waals surface area contributed by atoms with Crippen molar-refractivity contribution in [2.75, 3.05) is 19.7 Å². The second-order valence-corrected chi connectivity index (χ2v) is 9.00. The van der Waals surface area contributed by atoms with Crippen LogP contribution >= 0.6 is 0 Å². The lowest BCUT2D eigenvalue weighted by molar-refractivity contribution is -0.931. The molecule has 1 fully saturated rings. The lowest BCUT2D eigenvalue weighted by Gasteiger charge is -2.33. The summed E-state index contributed by atoms with van der Waals surface area (Å²) in [5.74, 6) is 1.56. The van der Waals surface area contributed by atoms with Gasteiger partial charge in [0.15, 0.2) is 6.04 Å². The second-order valence-electron chi connectivity index (χ2n) is 9.00. The molecule has 1 aromatic carbocycles. The molecule has 2 aromatic heterocycles. The number of pyridine rings is 1. The Morgan fingerprint density at radius 3 is 2.68 bits per heavy atom. The summed E-state index contributed by atoms with van der Waals surface area (Å²) in [5, 5.41) is 13.8. The zero-order valence-corrected chi connectivity index (χ0v) is 18.9. The number of hydrogen-bond donors (Lipinski definition) is 2. The van der Waals surface area contributed by atoms with E-state index in [1.54, 1.807) is 0 Å². The summed E-state index contributed by atoms with van der Waals surface area (Å²) < 4.78 is 7.59. The van der Waals surface area contributed by atoms with E-state index in [0.29, 0.717) is 12.2 Å². The van der Waals surface area contributed by atoms with E-state index in [-0.39, 0.29) is 17.1 Å². The Morgan fingerprint density at radius 1 is 1.19 bits per heavy atom. The molecule has 3 heterocycles. The number of nitrogens with one attached hydrogen (secondary N) is 2. The van der Waals surface area contributed by atoms with Crippen LogP contribution in [-0.4, -0.2) is 44.9 Å². The van der Waals surface area contributed by atoms with Gasteiger partial charge in [0.05, 0.1) is 30.8 Å². The van der Waals surface area contributed by atoms with E-state index in [1.165, 1.54) is 11.3 Å². The monoisotopic (exact) mass is 425 g/mol. The number of aromatic nitrogens is 5. The Kier molecular flexibility index (Phi) is 6.09. The van der Waals surface area contributed by atoms with E-state index in [4.69, 9.17) is 4.74 Å². The third kappa shape index (κ3) is 4.21. The molecular formula is C23H33N6O2+. The van der Waals surface area contributed by atoms with Gasteiger partial charge in [-0.25, -0.2) is 4.68 Å². The van der Waals surface area contributed by atoms with Crippen molar-refractivity contribution in [3.8, 4) is 5.75 Å². The van der Waals surface area contributed by atoms with Crippen LogP contribution in [0.4, 0.5) is 0 Å². The molecule has 0 bridgehead atoms. The van der Waals surface area contributed by atoms with Crippen molar-refractivity contribution in [2.24, 2.45) is 0 Å². The molecule has 8 nitrogen and oxygen atoms in total. The molecule has 3 aromatic rings. The van der Waals surface area contributed by atoms with Crippen LogP contribution in [0, 0.1) is 0 Å². The average Bonchev–Trinajstić information content (AvgIpc) is 3.26. The molecule has 0 spiro atoms. The second kappa shape index (κ2) is 8.78. The maximum atomic E-state index is 13.3. The molecule has 0 radical (unpaired) electrons. The van der Waals surface area contributed by atoms with Gasteiger partial charge in [0, 0.05) is 10.9 Å². The molecule has 0 saturated carbocycles. The molecule has 166 valence electrons. The van der Waals surface area contributed by atoms with Crippen LogP contribution in [0.25, 0.3) is 10.9 Å². The van der Waals surface area contributed by atoms with E-state index in [1.807, 2.05) is 35.9 Å². The van der Waals surface area contributed by atoms with E-state index in [9.17, 15) is 4.79 Å². The van der Waals surface area contributed by atoms with Crippen LogP contribution in [0.5, 0.6) is 5.75 Å². The third-order valence-corrected chi connectivity index (χ3v) is 6.56. The fourth-order valence-corrected chi connectivity index (χ4v) is 4.46. The third-order valence-electron chi connectivity index (χ3n) is 6.56. The predicted molar refractivity (Wildman–Crippen MR) is 120 cm³/mol. The minimum Gasteiger partial charge on any atom is -0.494 e. The number of fused-ring (bicyclic) bond motifs is 1. The van der Waals surface area contributed by atoms with Gasteiger partial charge in [0.2, 0.25) is 5.82 Å². The molecule has 1 aliphatic rings. The molecule has 0 aliphatic carbocycles. The van der Waals surface area contributed by atoms with Gasteiger partial charge in [-0.2, -0.15) is 0 Å². The van der Waals surface area contributed by atoms with Crippen LogP contribution in [-0.2, 0) is 5.54 Å². The quantitative estimate of drug-likeness (QED) is 0.606. The minimum atomic E-state index is -0.238. The number of hydrogen-bond acceptors (Lipinski definition) is 5. The van der Waals surface area contributed by atoms with E-state index in [2.05, 4.69) is 41.3 Å². The number of aromatic amines is 1. The first-order valence-electron chi connectivity index (χ1n) is 11.4. The molecule has 1 saturated heterocycles. The number of nitrogens with zero attached hydrogens (tertiary/aromatic N) is 4. The summed E-state index contributed by atoms with van der Waals surface area (Å²) in [4.78, 5) is 17.7. The first-order valence-corrected chi connectivity index (χ1v) is 11.4. The molecule has 4 rings (SSSR count). The van der Waals surface area contributed by atoms with Crippen molar-refractivity contribution < 1.29 is 9.64 Å². The average molecular weight is 426 g/mol. The molecular weight excluding hydrogens is 392 g/mol. The van der Waals surface area contributed by atoms with Crippen LogP contribution in [0.15, 0.2) is 29.1 Å². The summed E-state index contributed by atoms with van der Waals surface area (Å²) in [6.45, 7) is 11.0. The highest BCUT2D eigenvalue weighted by molar-refractivity contribution is 5.80. The van der Waals surface area contributed by atoms with Crippen molar-refractivity contribution in [3.63, 3.8) is 0 Å². The van der Waals surface area contributed by atoms with Gasteiger partial charge in [-0.05, 0) is 81.1 Å². The predicted octanol–water partition coefficient (Wildman–Crippen LogP) is 2.22. The van der Waals surface area contributed by atoms with Gasteiger partial charge in [0.25, 0.3) is 5.56 Å². The number of ether oxygens (including phenoxy) is 1. The maximum absolute atomic E-state index is 13.3. The highest BCUT2D eigenvalue weighted by atomic mass is 16.5. The van der Waals surface area contributed by atoms with Crippen molar-refractivity contribution in [1.82, 2.24) is 25.2 Å². The normalized spacial score (nSPS) is 16.5. The number of benzene rings is 1. The van der Waals surface area contributed by atoms with Crippen molar-refractivity contribution in [1.29, 1.82) is 0 Å². The smallest absolute Gasteiger partial charge is 0.258 e. The Morgan fingerprint density at radius 2 is 1.97 bits per heavy atom. The van der Waals surface area contributed by atoms with Crippen LogP contribution < -0.4 is 15.2 Å².